The Morgan fingerprint density at radius 2 is 1.21 bits per heavy atom. The van der Waals surface area contributed by atoms with Gasteiger partial charge in [-0.1, -0.05) is 10.3 Å². The van der Waals surface area contributed by atoms with Crippen molar-refractivity contribution in [2.45, 2.75) is 12.4 Å². The first-order valence-corrected chi connectivity index (χ1v) is 12.4. The molecule has 0 radical (unpaired) electrons. The maximum Gasteiger partial charge on any atom is 0.437 e. The maximum absolute atomic E-state index is 13.2. The van der Waals surface area contributed by atoms with Gasteiger partial charge in [-0.15, -0.1) is 4.33 Å². The van der Waals surface area contributed by atoms with Crippen molar-refractivity contribution in [3.63, 3.8) is 0 Å². The molecule has 0 fully saturated rings. The number of oxime groups is 2. The number of ether oxygens (including phenoxy) is 2. The van der Waals surface area contributed by atoms with Crippen LogP contribution >= 0.6 is 12.3 Å². The van der Waals surface area contributed by atoms with Crippen molar-refractivity contribution in [3.8, 4) is 11.5 Å². The molecule has 2 aromatic rings. The Balaban J connectivity index is 1.94. The summed E-state index contributed by atoms with van der Waals surface area (Å²) in [4.78, 5) is 4.14. The molecule has 0 aliphatic carbocycles. The van der Waals surface area contributed by atoms with E-state index in [4.69, 9.17) is 9.47 Å². The number of hydrogen-bond donors (Lipinski definition) is 0. The first kappa shape index (κ1) is 31.0. The Hall–Kier alpha value is -3.22. The van der Waals surface area contributed by atoms with E-state index < -0.39 is 39.5 Å². The molecule has 0 amide bonds. The average molecular weight is 592 g/mol. The maximum atomic E-state index is 13.2. The van der Waals surface area contributed by atoms with Crippen LogP contribution in [0.15, 0.2) is 58.8 Å². The Morgan fingerprint density at radius 3 is 1.58 bits per heavy atom. The van der Waals surface area contributed by atoms with Gasteiger partial charge in [0.15, 0.2) is 11.4 Å². The topological polar surface area (TPSA) is 114 Å². The predicted molar refractivity (Wildman–Crippen MR) is 122 cm³/mol. The number of alkyl halides is 6. The molecule has 0 aromatic heterocycles. The molecule has 210 valence electrons. The lowest BCUT2D eigenvalue weighted by molar-refractivity contribution is -0.166. The van der Waals surface area contributed by atoms with E-state index in [2.05, 4.69) is 28.1 Å². The molecule has 0 saturated heterocycles. The van der Waals surface area contributed by atoms with Crippen molar-refractivity contribution in [3.05, 3.63) is 59.7 Å². The first-order chi connectivity index (χ1) is 17.7. The van der Waals surface area contributed by atoms with E-state index in [1.807, 2.05) is 0 Å². The van der Waals surface area contributed by atoms with Crippen LogP contribution in [0, 0.1) is 0 Å². The van der Waals surface area contributed by atoms with Crippen LogP contribution in [-0.2, 0) is 27.9 Å². The highest BCUT2D eigenvalue weighted by Crippen LogP contribution is 2.26. The first-order valence-electron chi connectivity index (χ1n) is 9.89. The SMILES string of the molecule is COOSON=C(c1ccc(OCCOc2ccc(C(=NOS(C)(=O)=O)C(F)(F)F)cc2)cc1)C(F)(F)F. The fourth-order valence-corrected chi connectivity index (χ4v) is 2.87. The quantitative estimate of drug-likeness (QED) is 0.0807. The van der Waals surface area contributed by atoms with Crippen LogP contribution in [-0.4, -0.2) is 58.8 Å². The van der Waals surface area contributed by atoms with Gasteiger partial charge in [-0.2, -0.15) is 34.8 Å². The third-order valence-electron chi connectivity index (χ3n) is 3.93. The van der Waals surface area contributed by atoms with Crippen LogP contribution in [0.1, 0.15) is 11.1 Å². The van der Waals surface area contributed by atoms with Gasteiger partial charge in [0, 0.05) is 11.1 Å². The molecule has 38 heavy (non-hydrogen) atoms. The number of hydrogen-bond acceptors (Lipinski definition) is 11. The number of halogens is 6. The normalized spacial score (nSPS) is 13.3. The minimum absolute atomic E-state index is 0.0626. The van der Waals surface area contributed by atoms with E-state index in [0.29, 0.717) is 6.26 Å². The van der Waals surface area contributed by atoms with E-state index >= 15 is 0 Å². The minimum atomic E-state index is -4.99. The predicted octanol–water partition coefficient (Wildman–Crippen LogP) is 4.81. The summed E-state index contributed by atoms with van der Waals surface area (Å²) in [7, 11) is -3.13. The lowest BCUT2D eigenvalue weighted by atomic mass is 10.1. The lowest BCUT2D eigenvalue weighted by Crippen LogP contribution is -2.24. The van der Waals surface area contributed by atoms with Gasteiger partial charge < -0.3 is 9.47 Å². The molecule has 10 nitrogen and oxygen atoms in total. The van der Waals surface area contributed by atoms with E-state index in [9.17, 15) is 34.8 Å². The van der Waals surface area contributed by atoms with E-state index in [0.717, 1.165) is 31.4 Å². The summed E-state index contributed by atoms with van der Waals surface area (Å²) < 4.78 is 124. The Kier molecular flexibility index (Phi) is 11.0. The number of nitrogens with zero attached hydrogens (tertiary/aromatic N) is 2. The van der Waals surface area contributed by atoms with Crippen LogP contribution in [0.3, 0.4) is 0 Å². The molecular formula is C20H18F6N2O8S2. The third-order valence-corrected chi connectivity index (χ3v) is 4.60. The summed E-state index contributed by atoms with van der Waals surface area (Å²) in [5.41, 5.74) is -3.68. The molecule has 0 N–H and O–H groups in total. The highest BCUT2D eigenvalue weighted by Gasteiger charge is 2.39. The van der Waals surface area contributed by atoms with Gasteiger partial charge >= 0.3 is 22.5 Å². The smallest absolute Gasteiger partial charge is 0.437 e. The van der Waals surface area contributed by atoms with Crippen molar-refractivity contribution in [1.29, 1.82) is 0 Å². The minimum Gasteiger partial charge on any atom is -0.490 e. The fourth-order valence-electron chi connectivity index (χ4n) is 2.47. The number of benzene rings is 2. The van der Waals surface area contributed by atoms with Gasteiger partial charge in [-0.05, 0) is 48.5 Å². The molecule has 2 aromatic carbocycles. The molecule has 0 atom stereocenters. The van der Waals surface area contributed by atoms with E-state index in [1.54, 1.807) is 0 Å². The van der Waals surface area contributed by atoms with Crippen molar-refractivity contribution in [1.82, 2.24) is 0 Å². The summed E-state index contributed by atoms with van der Waals surface area (Å²) in [5, 5.41) is 5.66. The van der Waals surface area contributed by atoms with Crippen molar-refractivity contribution < 1.29 is 62.0 Å². The van der Waals surface area contributed by atoms with E-state index in [1.165, 1.54) is 24.3 Å². The number of rotatable bonds is 13. The molecular weight excluding hydrogens is 574 g/mol. The summed E-state index contributed by atoms with van der Waals surface area (Å²) >= 11 is 0.0816. The molecule has 0 unspecified atom stereocenters. The standard InChI is InChI=1S/C20H18F6N2O8S2/c1-31-36-37-34-27-17(19(21,22)23)13-3-7-15(8-4-13)32-11-12-33-16-9-5-14(6-10-16)18(20(24,25)26)28-35-38(2,29)30/h3-10H,11-12H2,1-2H3. The zero-order valence-electron chi connectivity index (χ0n) is 19.3. The molecule has 0 aliphatic heterocycles. The highest BCUT2D eigenvalue weighted by atomic mass is 32.2. The zero-order chi connectivity index (χ0) is 28.4. The second-order valence-corrected chi connectivity index (χ2v) is 8.76. The molecule has 2 rings (SSSR count). The van der Waals surface area contributed by atoms with Crippen LogP contribution in [0.25, 0.3) is 0 Å². The van der Waals surface area contributed by atoms with Gasteiger partial charge in [0.1, 0.15) is 24.7 Å². The van der Waals surface area contributed by atoms with Crippen LogP contribution in [0.4, 0.5) is 26.3 Å². The molecule has 18 heteroatoms. The second kappa shape index (κ2) is 13.5. The Morgan fingerprint density at radius 1 is 0.789 bits per heavy atom. The summed E-state index contributed by atoms with van der Waals surface area (Å²) in [5.74, 6) is 0.351. The second-order valence-electron chi connectivity index (χ2n) is 6.78. The summed E-state index contributed by atoms with van der Waals surface area (Å²) in [6.45, 7) is -0.134. The molecule has 0 heterocycles. The third kappa shape index (κ3) is 10.6. The van der Waals surface area contributed by atoms with Crippen LogP contribution < -0.4 is 9.47 Å². The largest absolute Gasteiger partial charge is 0.490 e. The summed E-state index contributed by atoms with van der Waals surface area (Å²) in [6, 6.07) is 9.05. The van der Waals surface area contributed by atoms with Crippen LogP contribution in [0.5, 0.6) is 11.5 Å². The van der Waals surface area contributed by atoms with Gasteiger partial charge in [-0.25, -0.2) is 4.89 Å². The van der Waals surface area contributed by atoms with Crippen molar-refractivity contribution >= 4 is 33.9 Å². The van der Waals surface area contributed by atoms with Gasteiger partial charge in [0.2, 0.25) is 0 Å². The van der Waals surface area contributed by atoms with Gasteiger partial charge in [-0.3, -0.25) is 8.57 Å². The zero-order valence-corrected chi connectivity index (χ0v) is 20.9. The Labute approximate surface area is 216 Å². The van der Waals surface area contributed by atoms with Gasteiger partial charge in [0.25, 0.3) is 12.3 Å². The fraction of sp³-hybridized carbons (Fsp3) is 0.300. The summed E-state index contributed by atoms with van der Waals surface area (Å²) in [6.07, 6.45) is -9.28. The van der Waals surface area contributed by atoms with Crippen molar-refractivity contribution in [2.24, 2.45) is 10.3 Å². The highest BCUT2D eigenvalue weighted by molar-refractivity contribution is 7.89. The molecule has 0 spiro atoms. The lowest BCUT2D eigenvalue weighted by Gasteiger charge is -2.12. The average Bonchev–Trinajstić information content (AvgIpc) is 2.81. The van der Waals surface area contributed by atoms with Gasteiger partial charge in [0.05, 0.1) is 13.4 Å². The molecule has 0 saturated carbocycles. The Bertz CT molecular complexity index is 1200. The van der Waals surface area contributed by atoms with E-state index in [-0.39, 0.29) is 42.6 Å². The monoisotopic (exact) mass is 592 g/mol. The van der Waals surface area contributed by atoms with Crippen LogP contribution in [0.2, 0.25) is 0 Å². The van der Waals surface area contributed by atoms with Crippen molar-refractivity contribution in [2.75, 3.05) is 26.6 Å². The molecule has 0 aliphatic rings. The molecule has 0 bridgehead atoms.